The molecule has 3 aromatic carbocycles. The molecule has 3 amide bonds. The Hall–Kier alpha value is -6.57. The number of carbonyl (C=O) groups is 3. The molecule has 0 spiro atoms. The Morgan fingerprint density at radius 1 is 0.836 bits per heavy atom. The number of methoxy groups -OCH3 is 1. The number of nitrogens with zero attached hydrogens (tertiary/aromatic N) is 5. The van der Waals surface area contributed by atoms with E-state index in [1.54, 1.807) is 4.90 Å². The quantitative estimate of drug-likeness (QED) is 0.137. The highest BCUT2D eigenvalue weighted by Crippen LogP contribution is 2.46. The molecule has 6 aromatic rings. The standard InChI is InChI=1S/C47H52N8O6/c1-27(2)40(52-45(57)59-6)43(56)53-20-10-14-36(53)41-48-25-33(50-41)29-17-19-35-31(22-29)23-38-32-18-16-30(24-39(32)60-44(55(35)38)28-12-8-7-9-13-28)34-26-49-42(51-34)37-15-11-21-54(37)46(58)61-47(3,4)5/h7-9,12-13,16-19,22-27,36-37,40,44H,10-11,14-15,20-21H2,1-6H3,(H,48,50)(H,49,51)(H,52,57)/t36-,37?,40?,44-/m0/s1. The lowest BCUT2D eigenvalue weighted by Gasteiger charge is -2.30. The maximum absolute atomic E-state index is 13.7. The number of fused-ring (bicyclic) bond motifs is 5. The van der Waals surface area contributed by atoms with E-state index in [-0.39, 0.29) is 30.0 Å². The number of alkyl carbamates (subject to hydrolysis) is 1. The highest BCUT2D eigenvalue weighted by atomic mass is 16.6. The zero-order valence-electron chi connectivity index (χ0n) is 35.4. The normalized spacial score (nSPS) is 19.1. The Labute approximate surface area is 354 Å². The molecular weight excluding hydrogens is 773 g/mol. The summed E-state index contributed by atoms with van der Waals surface area (Å²) in [6.45, 7) is 10.7. The van der Waals surface area contributed by atoms with Crippen LogP contribution in [0.15, 0.2) is 85.2 Å². The van der Waals surface area contributed by atoms with E-state index in [2.05, 4.69) is 74.4 Å². The molecule has 4 atom stereocenters. The molecule has 61 heavy (non-hydrogen) atoms. The molecule has 2 saturated heterocycles. The van der Waals surface area contributed by atoms with Crippen molar-refractivity contribution >= 4 is 29.0 Å². The number of amides is 3. The Morgan fingerprint density at radius 3 is 2.13 bits per heavy atom. The third-order valence-corrected chi connectivity index (χ3v) is 11.9. The van der Waals surface area contributed by atoms with Gasteiger partial charge < -0.3 is 39.0 Å². The van der Waals surface area contributed by atoms with Gasteiger partial charge >= 0.3 is 12.2 Å². The van der Waals surface area contributed by atoms with Crippen molar-refractivity contribution in [1.29, 1.82) is 0 Å². The molecule has 2 unspecified atom stereocenters. The molecule has 0 radical (unpaired) electrons. The number of carbonyl (C=O) groups excluding carboxylic acids is 3. The van der Waals surface area contributed by atoms with Gasteiger partial charge in [0.15, 0.2) is 0 Å². The summed E-state index contributed by atoms with van der Waals surface area (Å²) in [6.07, 6.45) is 5.57. The molecule has 6 heterocycles. The lowest BCUT2D eigenvalue weighted by molar-refractivity contribution is -0.135. The molecule has 2 fully saturated rings. The van der Waals surface area contributed by atoms with Crippen LogP contribution in [0.3, 0.4) is 0 Å². The Bertz CT molecular complexity index is 2600. The number of hydrogen-bond donors (Lipinski definition) is 3. The van der Waals surface area contributed by atoms with Crippen LogP contribution in [0.2, 0.25) is 0 Å². The molecule has 9 rings (SSSR count). The van der Waals surface area contributed by atoms with Crippen LogP contribution in [0.1, 0.15) is 95.8 Å². The van der Waals surface area contributed by atoms with Crippen LogP contribution in [-0.4, -0.2) is 84.2 Å². The zero-order valence-corrected chi connectivity index (χ0v) is 35.4. The molecule has 0 saturated carbocycles. The van der Waals surface area contributed by atoms with Crippen LogP contribution in [0.4, 0.5) is 9.59 Å². The summed E-state index contributed by atoms with van der Waals surface area (Å²) < 4.78 is 19.7. The summed E-state index contributed by atoms with van der Waals surface area (Å²) in [5.74, 6) is 1.94. The average molecular weight is 825 g/mol. The third-order valence-electron chi connectivity index (χ3n) is 11.9. The van der Waals surface area contributed by atoms with Crippen molar-refractivity contribution in [3.8, 4) is 39.5 Å². The van der Waals surface area contributed by atoms with Crippen LogP contribution in [-0.2, 0) is 14.3 Å². The minimum atomic E-state index is -0.704. The second-order valence-electron chi connectivity index (χ2n) is 17.5. The molecule has 3 aliphatic heterocycles. The lowest BCUT2D eigenvalue weighted by Crippen LogP contribution is -2.51. The largest absolute Gasteiger partial charge is 0.465 e. The van der Waals surface area contributed by atoms with Crippen LogP contribution < -0.4 is 10.1 Å². The first kappa shape index (κ1) is 39.9. The first-order valence-corrected chi connectivity index (χ1v) is 21.1. The van der Waals surface area contributed by atoms with Crippen molar-refractivity contribution in [1.82, 2.24) is 39.6 Å². The van der Waals surface area contributed by atoms with Crippen molar-refractivity contribution in [2.75, 3.05) is 20.2 Å². The number of imidazole rings is 2. The number of likely N-dealkylation sites (tertiary alicyclic amines) is 2. The number of H-pyrrole nitrogens is 2. The summed E-state index contributed by atoms with van der Waals surface area (Å²) in [5, 5.41) is 3.76. The van der Waals surface area contributed by atoms with Crippen molar-refractivity contribution in [3.05, 3.63) is 102 Å². The molecular formula is C47H52N8O6. The van der Waals surface area contributed by atoms with Gasteiger partial charge in [-0.15, -0.1) is 0 Å². The molecule has 0 aliphatic carbocycles. The van der Waals surface area contributed by atoms with E-state index in [1.165, 1.54) is 7.11 Å². The van der Waals surface area contributed by atoms with Crippen LogP contribution in [0.25, 0.3) is 44.7 Å². The van der Waals surface area contributed by atoms with E-state index in [4.69, 9.17) is 24.2 Å². The Morgan fingerprint density at radius 2 is 1.48 bits per heavy atom. The summed E-state index contributed by atoms with van der Waals surface area (Å²) >= 11 is 0. The monoisotopic (exact) mass is 824 g/mol. The van der Waals surface area contributed by atoms with Gasteiger partial charge in [-0.3, -0.25) is 9.69 Å². The van der Waals surface area contributed by atoms with Crippen molar-refractivity contribution in [2.24, 2.45) is 5.92 Å². The Kier molecular flexibility index (Phi) is 10.3. The fourth-order valence-corrected chi connectivity index (χ4v) is 8.96. The predicted octanol–water partition coefficient (Wildman–Crippen LogP) is 9.14. The molecule has 14 heteroatoms. The van der Waals surface area contributed by atoms with Gasteiger partial charge in [0.2, 0.25) is 12.1 Å². The fraction of sp³-hybridized carbons (Fsp3) is 0.383. The number of rotatable bonds is 8. The summed E-state index contributed by atoms with van der Waals surface area (Å²) in [5.41, 5.74) is 7.04. The number of ether oxygens (including phenoxy) is 3. The van der Waals surface area contributed by atoms with Gasteiger partial charge in [-0.05, 0) is 82.7 Å². The highest BCUT2D eigenvalue weighted by Gasteiger charge is 2.38. The second kappa shape index (κ2) is 15.8. The molecule has 14 nitrogen and oxygen atoms in total. The highest BCUT2D eigenvalue weighted by molar-refractivity contribution is 5.92. The molecule has 316 valence electrons. The van der Waals surface area contributed by atoms with Gasteiger partial charge in [0.25, 0.3) is 0 Å². The second-order valence-corrected chi connectivity index (χ2v) is 17.5. The van der Waals surface area contributed by atoms with Gasteiger partial charge in [-0.1, -0.05) is 56.3 Å². The van der Waals surface area contributed by atoms with Gasteiger partial charge in [0, 0.05) is 40.7 Å². The van der Waals surface area contributed by atoms with Gasteiger partial charge in [-0.2, -0.15) is 0 Å². The number of benzene rings is 3. The minimum Gasteiger partial charge on any atom is -0.465 e. The topological polar surface area (TPSA) is 160 Å². The lowest BCUT2D eigenvalue weighted by atomic mass is 10.0. The number of nitrogens with one attached hydrogen (secondary N) is 3. The molecule has 3 aliphatic rings. The number of aromatic nitrogens is 5. The van der Waals surface area contributed by atoms with Crippen molar-refractivity contribution in [2.45, 2.75) is 90.3 Å². The van der Waals surface area contributed by atoms with E-state index in [9.17, 15) is 14.4 Å². The zero-order chi connectivity index (χ0) is 42.6. The Balaban J connectivity index is 1.01. The first-order chi connectivity index (χ1) is 29.4. The molecule has 3 aromatic heterocycles. The predicted molar refractivity (Wildman–Crippen MR) is 231 cm³/mol. The van der Waals surface area contributed by atoms with Crippen molar-refractivity contribution in [3.63, 3.8) is 0 Å². The van der Waals surface area contributed by atoms with Crippen molar-refractivity contribution < 1.29 is 28.6 Å². The summed E-state index contributed by atoms with van der Waals surface area (Å²) in [7, 11) is 1.30. The van der Waals surface area contributed by atoms with E-state index >= 15 is 0 Å². The first-order valence-electron chi connectivity index (χ1n) is 21.1. The smallest absolute Gasteiger partial charge is 0.410 e. The number of hydrogen-bond acceptors (Lipinski definition) is 8. The van der Waals surface area contributed by atoms with Gasteiger partial charge in [-0.25, -0.2) is 19.6 Å². The van der Waals surface area contributed by atoms with Crippen LogP contribution in [0.5, 0.6) is 5.75 Å². The summed E-state index contributed by atoms with van der Waals surface area (Å²) in [6, 6.07) is 23.9. The molecule has 0 bridgehead atoms. The SMILES string of the molecule is COC(=O)NC(C(=O)N1CCC[C@H]1c1ncc(-c2ccc3c(c2)cc2n3[C@H](c3ccccc3)Oc3cc(-c4cnc(C5CCCN5C(=O)OC(C)(C)C)[nH]4)ccc3-2)[nH]1)C(C)C. The maximum Gasteiger partial charge on any atom is 0.410 e. The van der Waals surface area contributed by atoms with E-state index in [1.807, 2.05) is 70.1 Å². The van der Waals surface area contributed by atoms with E-state index in [0.717, 1.165) is 87.5 Å². The third kappa shape index (κ3) is 7.59. The van der Waals surface area contributed by atoms with E-state index < -0.39 is 24.0 Å². The van der Waals surface area contributed by atoms with Crippen LogP contribution >= 0.6 is 0 Å². The fourth-order valence-electron chi connectivity index (χ4n) is 8.96. The number of aromatic amines is 2. The van der Waals surface area contributed by atoms with Gasteiger partial charge in [0.1, 0.15) is 29.0 Å². The van der Waals surface area contributed by atoms with E-state index in [0.29, 0.717) is 18.9 Å². The van der Waals surface area contributed by atoms with Crippen LogP contribution in [0, 0.1) is 5.92 Å². The van der Waals surface area contributed by atoms with Gasteiger partial charge in [0.05, 0.1) is 54.2 Å². The average Bonchev–Trinajstić information content (AvgIpc) is 4.10. The minimum absolute atomic E-state index is 0.118. The maximum atomic E-state index is 13.7. The summed E-state index contributed by atoms with van der Waals surface area (Å²) in [4.78, 5) is 59.0. The molecule has 3 N–H and O–H groups in total.